The van der Waals surface area contributed by atoms with E-state index in [1.165, 1.54) is 0 Å². The van der Waals surface area contributed by atoms with E-state index in [9.17, 15) is 0 Å². The van der Waals surface area contributed by atoms with Crippen molar-refractivity contribution in [2.75, 3.05) is 11.9 Å². The van der Waals surface area contributed by atoms with Gasteiger partial charge >= 0.3 is 0 Å². The lowest BCUT2D eigenvalue weighted by atomic mass is 10.2. The number of nitrogens with one attached hydrogen (secondary N) is 1. The van der Waals surface area contributed by atoms with Crippen molar-refractivity contribution in [2.45, 2.75) is 20.8 Å². The number of hydrogen-bond acceptors (Lipinski definition) is 5. The predicted molar refractivity (Wildman–Crippen MR) is 65.7 cm³/mol. The molecule has 86 valence electrons. The van der Waals surface area contributed by atoms with Gasteiger partial charge in [0, 0.05) is 12.7 Å². The normalized spacial score (nSPS) is 11.0. The van der Waals surface area contributed by atoms with Crippen molar-refractivity contribution in [3.63, 3.8) is 0 Å². The molecule has 0 aliphatic rings. The van der Waals surface area contributed by atoms with Crippen LogP contribution in [0.15, 0.2) is 16.9 Å². The van der Waals surface area contributed by atoms with E-state index in [-0.39, 0.29) is 0 Å². The van der Waals surface area contributed by atoms with Crippen molar-refractivity contribution in [1.29, 1.82) is 0 Å². The minimum absolute atomic E-state index is 0.615. The van der Waals surface area contributed by atoms with Crippen molar-refractivity contribution in [2.24, 2.45) is 5.92 Å². The first-order chi connectivity index (χ1) is 7.66. The second-order valence-corrected chi connectivity index (χ2v) is 5.13. The van der Waals surface area contributed by atoms with Gasteiger partial charge in [0.05, 0.1) is 16.6 Å². The number of thiazole rings is 1. The highest BCUT2D eigenvalue weighted by Crippen LogP contribution is 2.30. The van der Waals surface area contributed by atoms with Crippen molar-refractivity contribution < 1.29 is 4.52 Å². The largest absolute Gasteiger partial charge is 0.361 e. The van der Waals surface area contributed by atoms with E-state index >= 15 is 0 Å². The molecule has 4 nitrogen and oxygen atoms in total. The molecule has 0 unspecified atom stereocenters. The molecule has 2 rings (SSSR count). The maximum Gasteiger partial charge on any atom is 0.183 e. The van der Waals surface area contributed by atoms with Gasteiger partial charge in [-0.05, 0) is 12.8 Å². The molecule has 2 aromatic heterocycles. The van der Waals surface area contributed by atoms with Gasteiger partial charge in [-0.15, -0.1) is 0 Å². The Labute approximate surface area is 98.7 Å². The number of hydrogen-bond donors (Lipinski definition) is 1. The van der Waals surface area contributed by atoms with E-state index in [1.807, 2.05) is 13.1 Å². The quantitative estimate of drug-likeness (QED) is 0.887. The van der Waals surface area contributed by atoms with Gasteiger partial charge in [0.1, 0.15) is 5.76 Å². The molecule has 0 aliphatic heterocycles. The fourth-order valence-electron chi connectivity index (χ4n) is 1.31. The molecule has 0 saturated heterocycles. The first-order valence-electron chi connectivity index (χ1n) is 5.28. The lowest BCUT2D eigenvalue weighted by molar-refractivity contribution is 0.398. The molecule has 1 N–H and O–H groups in total. The zero-order valence-electron chi connectivity index (χ0n) is 9.65. The summed E-state index contributed by atoms with van der Waals surface area (Å²) in [6.07, 6.45) is 3.59. The first kappa shape index (κ1) is 11.1. The molecule has 2 heterocycles. The molecule has 0 spiro atoms. The zero-order valence-corrected chi connectivity index (χ0v) is 10.5. The molecule has 2 aromatic rings. The van der Waals surface area contributed by atoms with Crippen LogP contribution in [0.1, 0.15) is 19.6 Å². The van der Waals surface area contributed by atoms with E-state index in [2.05, 4.69) is 29.3 Å². The Morgan fingerprint density at radius 3 is 2.88 bits per heavy atom. The third-order valence-electron chi connectivity index (χ3n) is 2.18. The number of nitrogens with zero attached hydrogens (tertiary/aromatic N) is 2. The average molecular weight is 237 g/mol. The molecule has 0 aliphatic carbocycles. The summed E-state index contributed by atoms with van der Waals surface area (Å²) < 4.78 is 5.03. The molecule has 0 radical (unpaired) electrons. The van der Waals surface area contributed by atoms with E-state index in [4.69, 9.17) is 4.52 Å². The number of anilines is 1. The Hall–Kier alpha value is -1.36. The summed E-state index contributed by atoms with van der Waals surface area (Å²) in [7, 11) is 0. The first-order valence-corrected chi connectivity index (χ1v) is 6.10. The molecule has 0 atom stereocenters. The average Bonchev–Trinajstić information content (AvgIpc) is 2.83. The smallest absolute Gasteiger partial charge is 0.183 e. The van der Waals surface area contributed by atoms with Gasteiger partial charge in [0.2, 0.25) is 0 Å². The van der Waals surface area contributed by atoms with Crippen LogP contribution in [0.25, 0.3) is 10.4 Å². The lowest BCUT2D eigenvalue weighted by Gasteiger charge is -2.04. The maximum atomic E-state index is 5.03. The second kappa shape index (κ2) is 4.65. The summed E-state index contributed by atoms with van der Waals surface area (Å²) in [4.78, 5) is 5.41. The highest BCUT2D eigenvalue weighted by Gasteiger charge is 2.10. The third kappa shape index (κ3) is 2.41. The molecule has 0 aromatic carbocycles. The summed E-state index contributed by atoms with van der Waals surface area (Å²) in [5.41, 5.74) is 1.02. The summed E-state index contributed by atoms with van der Waals surface area (Å²) in [5.74, 6) is 1.45. The Bertz CT molecular complexity index is 461. The molecule has 0 fully saturated rings. The van der Waals surface area contributed by atoms with E-state index in [1.54, 1.807) is 17.5 Å². The van der Waals surface area contributed by atoms with Gasteiger partial charge in [0.15, 0.2) is 5.13 Å². The SMILES string of the molecule is Cc1oncc1-c1cnc(NCC(C)C)s1. The van der Waals surface area contributed by atoms with Crippen LogP contribution >= 0.6 is 11.3 Å². The van der Waals surface area contributed by atoms with Crippen LogP contribution in [0.4, 0.5) is 5.13 Å². The van der Waals surface area contributed by atoms with Crippen LogP contribution in [-0.2, 0) is 0 Å². The van der Waals surface area contributed by atoms with Crippen molar-refractivity contribution >= 4 is 16.5 Å². The van der Waals surface area contributed by atoms with Crippen LogP contribution in [0.2, 0.25) is 0 Å². The standard InChI is InChI=1S/C11H15N3OS/c1-7(2)4-12-11-13-6-10(16-11)9-5-14-15-8(9)3/h5-7H,4H2,1-3H3,(H,12,13). The lowest BCUT2D eigenvalue weighted by Crippen LogP contribution is -2.07. The van der Waals surface area contributed by atoms with Gasteiger partial charge in [-0.25, -0.2) is 4.98 Å². The highest BCUT2D eigenvalue weighted by molar-refractivity contribution is 7.18. The molecular weight excluding hydrogens is 222 g/mol. The van der Waals surface area contributed by atoms with Crippen LogP contribution < -0.4 is 5.32 Å². The van der Waals surface area contributed by atoms with Crippen molar-refractivity contribution in [3.05, 3.63) is 18.2 Å². The summed E-state index contributed by atoms with van der Waals surface area (Å²) >= 11 is 1.62. The minimum atomic E-state index is 0.615. The summed E-state index contributed by atoms with van der Waals surface area (Å²) in [5, 5.41) is 8.02. The highest BCUT2D eigenvalue weighted by atomic mass is 32.1. The Balaban J connectivity index is 2.11. The van der Waals surface area contributed by atoms with Crippen LogP contribution in [0.5, 0.6) is 0 Å². The fraction of sp³-hybridized carbons (Fsp3) is 0.455. The van der Waals surface area contributed by atoms with Crippen molar-refractivity contribution in [3.8, 4) is 10.4 Å². The monoisotopic (exact) mass is 237 g/mol. The fourth-order valence-corrected chi connectivity index (χ4v) is 2.19. The topological polar surface area (TPSA) is 51.0 Å². The predicted octanol–water partition coefficient (Wildman–Crippen LogP) is 3.17. The van der Waals surface area contributed by atoms with Gasteiger partial charge in [-0.1, -0.05) is 30.3 Å². The van der Waals surface area contributed by atoms with Crippen LogP contribution in [-0.4, -0.2) is 16.7 Å². The van der Waals surface area contributed by atoms with Crippen LogP contribution in [0, 0.1) is 12.8 Å². The molecule has 0 saturated carbocycles. The Kier molecular flexibility index (Phi) is 3.24. The maximum absolute atomic E-state index is 5.03. The van der Waals surface area contributed by atoms with E-state index < -0.39 is 0 Å². The van der Waals surface area contributed by atoms with E-state index in [0.29, 0.717) is 5.92 Å². The number of rotatable bonds is 4. The van der Waals surface area contributed by atoms with E-state index in [0.717, 1.165) is 27.9 Å². The Morgan fingerprint density at radius 1 is 1.44 bits per heavy atom. The number of aryl methyl sites for hydroxylation is 1. The summed E-state index contributed by atoms with van der Waals surface area (Å²) in [6.45, 7) is 7.19. The van der Waals surface area contributed by atoms with Gasteiger partial charge in [-0.2, -0.15) is 0 Å². The van der Waals surface area contributed by atoms with Crippen molar-refractivity contribution in [1.82, 2.24) is 10.1 Å². The number of aromatic nitrogens is 2. The second-order valence-electron chi connectivity index (χ2n) is 4.10. The summed E-state index contributed by atoms with van der Waals surface area (Å²) in [6, 6.07) is 0. The molecular formula is C11H15N3OS. The minimum Gasteiger partial charge on any atom is -0.361 e. The Morgan fingerprint density at radius 2 is 2.25 bits per heavy atom. The molecule has 0 amide bonds. The molecule has 5 heteroatoms. The van der Waals surface area contributed by atoms with Gasteiger partial charge in [-0.3, -0.25) is 0 Å². The van der Waals surface area contributed by atoms with Gasteiger partial charge < -0.3 is 9.84 Å². The van der Waals surface area contributed by atoms with Gasteiger partial charge in [0.25, 0.3) is 0 Å². The molecule has 16 heavy (non-hydrogen) atoms. The zero-order chi connectivity index (χ0) is 11.5. The van der Waals surface area contributed by atoms with Crippen LogP contribution in [0.3, 0.4) is 0 Å². The third-order valence-corrected chi connectivity index (χ3v) is 3.17. The molecule has 0 bridgehead atoms.